The molecule has 2 rings (SSSR count). The number of guanidine groups is 1. The number of likely N-dealkylation sites (N-methyl/N-ethyl adjacent to an activating group) is 1. The number of phenols is 1. The monoisotopic (exact) mass is 388 g/mol. The number of benzene rings is 1. The molecular weight excluding hydrogens is 360 g/mol. The van der Waals surface area contributed by atoms with Crippen LogP contribution in [-0.4, -0.2) is 55.1 Å². The van der Waals surface area contributed by atoms with E-state index in [0.29, 0.717) is 18.7 Å². The zero-order valence-electron chi connectivity index (χ0n) is 15.9. The second kappa shape index (κ2) is 11.2. The summed E-state index contributed by atoms with van der Waals surface area (Å²) in [7, 11) is 2.04. The SMILES string of the molecule is CCNC(=NCCCNC(=O)c1cccc(O)c1)N(C)CCc1cccs1. The Kier molecular flexibility index (Phi) is 8.64. The minimum absolute atomic E-state index is 0.0908. The molecule has 1 amide bonds. The smallest absolute Gasteiger partial charge is 0.251 e. The Morgan fingerprint density at radius 3 is 2.81 bits per heavy atom. The van der Waals surface area contributed by atoms with Crippen molar-refractivity contribution in [1.82, 2.24) is 15.5 Å². The summed E-state index contributed by atoms with van der Waals surface area (Å²) in [5.74, 6) is 0.788. The number of nitrogens with zero attached hydrogens (tertiary/aromatic N) is 2. The van der Waals surface area contributed by atoms with Gasteiger partial charge in [-0.25, -0.2) is 0 Å². The minimum atomic E-state index is -0.185. The lowest BCUT2D eigenvalue weighted by molar-refractivity contribution is 0.0953. The Balaban J connectivity index is 1.74. The number of carbonyl (C=O) groups is 1. The number of thiophene rings is 1. The molecule has 0 spiro atoms. The van der Waals surface area contributed by atoms with Crippen LogP contribution in [0.25, 0.3) is 0 Å². The summed E-state index contributed by atoms with van der Waals surface area (Å²) in [5.41, 5.74) is 0.458. The molecule has 0 saturated heterocycles. The third kappa shape index (κ3) is 7.30. The normalized spacial score (nSPS) is 11.3. The molecule has 6 nitrogen and oxygen atoms in total. The van der Waals surface area contributed by atoms with Crippen molar-refractivity contribution < 1.29 is 9.90 Å². The van der Waals surface area contributed by atoms with Crippen molar-refractivity contribution in [2.24, 2.45) is 4.99 Å². The van der Waals surface area contributed by atoms with Crippen LogP contribution in [-0.2, 0) is 6.42 Å². The molecule has 0 aliphatic carbocycles. The first kappa shape index (κ1) is 20.8. The molecule has 146 valence electrons. The Morgan fingerprint density at radius 2 is 2.11 bits per heavy atom. The fraction of sp³-hybridized carbons (Fsp3) is 0.400. The minimum Gasteiger partial charge on any atom is -0.508 e. The Bertz CT molecular complexity index is 731. The molecule has 0 atom stereocenters. The van der Waals surface area contributed by atoms with E-state index in [9.17, 15) is 9.90 Å². The van der Waals surface area contributed by atoms with Crippen molar-refractivity contribution in [2.75, 3.05) is 33.2 Å². The number of aliphatic imine (C=N–C) groups is 1. The zero-order chi connectivity index (χ0) is 19.5. The van der Waals surface area contributed by atoms with E-state index in [2.05, 4.69) is 45.0 Å². The van der Waals surface area contributed by atoms with E-state index in [4.69, 9.17) is 0 Å². The predicted molar refractivity (Wildman–Crippen MR) is 112 cm³/mol. The van der Waals surface area contributed by atoms with Crippen molar-refractivity contribution >= 4 is 23.2 Å². The lowest BCUT2D eigenvalue weighted by Gasteiger charge is -2.21. The van der Waals surface area contributed by atoms with E-state index in [-0.39, 0.29) is 11.7 Å². The van der Waals surface area contributed by atoms with Crippen molar-refractivity contribution in [3.05, 3.63) is 52.2 Å². The standard InChI is InChI=1S/C20H28N4O2S/c1-3-21-20(24(2)13-10-18-9-5-14-27-18)23-12-6-11-22-19(26)16-7-4-8-17(25)15-16/h4-5,7-9,14-15,25H,3,6,10-13H2,1-2H3,(H,21,23)(H,22,26). The molecule has 27 heavy (non-hydrogen) atoms. The van der Waals surface area contributed by atoms with Crippen LogP contribution in [0.3, 0.4) is 0 Å². The summed E-state index contributed by atoms with van der Waals surface area (Å²) in [6.45, 7) is 4.94. The van der Waals surface area contributed by atoms with Gasteiger partial charge in [0.25, 0.3) is 5.91 Å². The number of phenolic OH excluding ortho intramolecular Hbond substituents is 1. The van der Waals surface area contributed by atoms with Crippen molar-refractivity contribution in [3.8, 4) is 5.75 Å². The lowest BCUT2D eigenvalue weighted by atomic mass is 10.2. The molecule has 1 aromatic carbocycles. The highest BCUT2D eigenvalue weighted by Crippen LogP contribution is 2.11. The van der Waals surface area contributed by atoms with Gasteiger partial charge in [-0.1, -0.05) is 12.1 Å². The van der Waals surface area contributed by atoms with E-state index in [1.165, 1.54) is 10.9 Å². The average molecular weight is 389 g/mol. The maximum Gasteiger partial charge on any atom is 0.251 e. The van der Waals surface area contributed by atoms with Gasteiger partial charge < -0.3 is 20.6 Å². The van der Waals surface area contributed by atoms with Crippen LogP contribution < -0.4 is 10.6 Å². The number of carbonyl (C=O) groups excluding carboxylic acids is 1. The molecule has 3 N–H and O–H groups in total. The first-order chi connectivity index (χ1) is 13.1. The zero-order valence-corrected chi connectivity index (χ0v) is 16.8. The van der Waals surface area contributed by atoms with Crippen molar-refractivity contribution in [3.63, 3.8) is 0 Å². The van der Waals surface area contributed by atoms with Crippen LogP contribution in [0, 0.1) is 0 Å². The topological polar surface area (TPSA) is 77.0 Å². The first-order valence-electron chi connectivity index (χ1n) is 9.19. The van der Waals surface area contributed by atoms with Crippen LogP contribution >= 0.6 is 11.3 Å². The number of rotatable bonds is 9. The van der Waals surface area contributed by atoms with E-state index < -0.39 is 0 Å². The van der Waals surface area contributed by atoms with Gasteiger partial charge in [-0.15, -0.1) is 11.3 Å². The van der Waals surface area contributed by atoms with Gasteiger partial charge in [-0.2, -0.15) is 0 Å². The molecule has 1 aromatic heterocycles. The molecule has 0 saturated carbocycles. The molecule has 1 heterocycles. The highest BCUT2D eigenvalue weighted by molar-refractivity contribution is 7.09. The number of aromatic hydroxyl groups is 1. The van der Waals surface area contributed by atoms with E-state index in [1.807, 2.05) is 7.05 Å². The summed E-state index contributed by atoms with van der Waals surface area (Å²) in [6, 6.07) is 10.6. The third-order valence-electron chi connectivity index (χ3n) is 3.96. The summed E-state index contributed by atoms with van der Waals surface area (Å²) < 4.78 is 0. The van der Waals surface area contributed by atoms with Crippen LogP contribution in [0.5, 0.6) is 5.75 Å². The summed E-state index contributed by atoms with van der Waals surface area (Å²) in [6.07, 6.45) is 1.75. The highest BCUT2D eigenvalue weighted by atomic mass is 32.1. The van der Waals surface area contributed by atoms with Crippen molar-refractivity contribution in [1.29, 1.82) is 0 Å². The Hall–Kier alpha value is -2.54. The van der Waals surface area contributed by atoms with E-state index >= 15 is 0 Å². The fourth-order valence-corrected chi connectivity index (χ4v) is 3.22. The molecule has 2 aromatic rings. The van der Waals surface area contributed by atoms with Gasteiger partial charge >= 0.3 is 0 Å². The van der Waals surface area contributed by atoms with Gasteiger partial charge in [0, 0.05) is 43.7 Å². The van der Waals surface area contributed by atoms with Gasteiger partial charge in [-0.3, -0.25) is 9.79 Å². The Morgan fingerprint density at radius 1 is 1.26 bits per heavy atom. The van der Waals surface area contributed by atoms with Crippen LogP contribution in [0.2, 0.25) is 0 Å². The molecule has 0 bridgehead atoms. The molecule has 0 radical (unpaired) electrons. The molecule has 0 aliphatic rings. The second-order valence-electron chi connectivity index (χ2n) is 6.15. The van der Waals surface area contributed by atoms with Crippen molar-refractivity contribution in [2.45, 2.75) is 19.8 Å². The van der Waals surface area contributed by atoms with Crippen LogP contribution in [0.4, 0.5) is 0 Å². The number of amides is 1. The number of hydrogen-bond acceptors (Lipinski definition) is 4. The lowest BCUT2D eigenvalue weighted by Crippen LogP contribution is -2.40. The molecule has 0 aliphatic heterocycles. The predicted octanol–water partition coefficient (Wildman–Crippen LogP) is 2.71. The number of hydrogen-bond donors (Lipinski definition) is 3. The van der Waals surface area contributed by atoms with E-state index in [1.54, 1.807) is 29.5 Å². The largest absolute Gasteiger partial charge is 0.508 e. The van der Waals surface area contributed by atoms with Gasteiger partial charge in [-0.05, 0) is 49.4 Å². The third-order valence-corrected chi connectivity index (χ3v) is 4.90. The quantitative estimate of drug-likeness (QED) is 0.351. The van der Waals surface area contributed by atoms with Crippen LogP contribution in [0.15, 0.2) is 46.8 Å². The second-order valence-corrected chi connectivity index (χ2v) is 7.18. The van der Waals surface area contributed by atoms with Gasteiger partial charge in [0.05, 0.1) is 0 Å². The maximum atomic E-state index is 12.0. The first-order valence-corrected chi connectivity index (χ1v) is 10.1. The average Bonchev–Trinajstić information content (AvgIpc) is 3.18. The highest BCUT2D eigenvalue weighted by Gasteiger charge is 2.07. The summed E-state index contributed by atoms with van der Waals surface area (Å²) >= 11 is 1.77. The van der Waals surface area contributed by atoms with Gasteiger partial charge in [0.15, 0.2) is 5.96 Å². The van der Waals surface area contributed by atoms with Gasteiger partial charge in [0.1, 0.15) is 5.75 Å². The summed E-state index contributed by atoms with van der Waals surface area (Å²) in [4.78, 5) is 20.2. The fourth-order valence-electron chi connectivity index (χ4n) is 2.52. The molecular formula is C20H28N4O2S. The van der Waals surface area contributed by atoms with E-state index in [0.717, 1.165) is 31.9 Å². The molecule has 7 heteroatoms. The molecule has 0 fully saturated rings. The Labute approximate surface area is 164 Å². The van der Waals surface area contributed by atoms with Crippen LogP contribution in [0.1, 0.15) is 28.6 Å². The molecule has 0 unspecified atom stereocenters. The summed E-state index contributed by atoms with van der Waals surface area (Å²) in [5, 5.41) is 17.7. The maximum absolute atomic E-state index is 12.0. The van der Waals surface area contributed by atoms with Gasteiger partial charge in [0.2, 0.25) is 0 Å². The number of nitrogens with one attached hydrogen (secondary N) is 2.